The molecule has 0 radical (unpaired) electrons. The third-order valence-corrected chi connectivity index (χ3v) is 3.69. The van der Waals surface area contributed by atoms with E-state index in [0.717, 1.165) is 18.4 Å². The Morgan fingerprint density at radius 2 is 1.90 bits per heavy atom. The second-order valence-electron chi connectivity index (χ2n) is 4.49. The van der Waals surface area contributed by atoms with Gasteiger partial charge in [-0.2, -0.15) is 0 Å². The molecule has 0 N–H and O–H groups in total. The van der Waals surface area contributed by atoms with E-state index < -0.39 is 0 Å². The van der Waals surface area contributed by atoms with Crippen LogP contribution in [0.5, 0.6) is 5.75 Å². The molecule has 0 saturated carbocycles. The molecule has 0 heterocycles. The minimum absolute atomic E-state index is 0.0783. The SMILES string of the molecule is CCCc1ccc(OCc2c(F)cccc2Cl)cc1Cl. The average molecular weight is 313 g/mol. The molecule has 2 aromatic carbocycles. The van der Waals surface area contributed by atoms with Crippen LogP contribution in [0, 0.1) is 5.82 Å². The third kappa shape index (κ3) is 3.65. The number of rotatable bonds is 5. The highest BCUT2D eigenvalue weighted by Crippen LogP contribution is 2.26. The van der Waals surface area contributed by atoms with Gasteiger partial charge in [0.2, 0.25) is 0 Å². The lowest BCUT2D eigenvalue weighted by Gasteiger charge is -2.10. The Labute approximate surface area is 128 Å². The van der Waals surface area contributed by atoms with E-state index in [1.165, 1.54) is 6.07 Å². The van der Waals surface area contributed by atoms with E-state index in [2.05, 4.69) is 6.92 Å². The molecular weight excluding hydrogens is 298 g/mol. The van der Waals surface area contributed by atoms with Crippen molar-refractivity contribution in [2.75, 3.05) is 0 Å². The summed E-state index contributed by atoms with van der Waals surface area (Å²) in [4.78, 5) is 0. The summed E-state index contributed by atoms with van der Waals surface area (Å²) in [5.41, 5.74) is 1.44. The zero-order valence-corrected chi connectivity index (χ0v) is 12.6. The highest BCUT2D eigenvalue weighted by molar-refractivity contribution is 6.31. The molecule has 4 heteroatoms. The van der Waals surface area contributed by atoms with Crippen LogP contribution < -0.4 is 4.74 Å². The van der Waals surface area contributed by atoms with Crippen molar-refractivity contribution >= 4 is 23.2 Å². The number of benzene rings is 2. The summed E-state index contributed by atoms with van der Waals surface area (Å²) < 4.78 is 19.2. The molecule has 0 aliphatic rings. The maximum atomic E-state index is 13.6. The first-order chi connectivity index (χ1) is 9.61. The fourth-order valence-corrected chi connectivity index (χ4v) is 2.40. The van der Waals surface area contributed by atoms with Gasteiger partial charge in [-0.25, -0.2) is 4.39 Å². The first-order valence-corrected chi connectivity index (χ1v) is 7.21. The van der Waals surface area contributed by atoms with Crippen molar-refractivity contribution in [1.82, 2.24) is 0 Å². The summed E-state index contributed by atoms with van der Waals surface area (Å²) in [6, 6.07) is 10.1. The van der Waals surface area contributed by atoms with Crippen LogP contribution in [0.2, 0.25) is 10.0 Å². The normalized spacial score (nSPS) is 10.6. The zero-order chi connectivity index (χ0) is 14.5. The maximum Gasteiger partial charge on any atom is 0.131 e. The largest absolute Gasteiger partial charge is 0.489 e. The van der Waals surface area contributed by atoms with Crippen LogP contribution in [0.15, 0.2) is 36.4 Å². The number of aryl methyl sites for hydroxylation is 1. The molecule has 0 spiro atoms. The molecule has 2 rings (SSSR count). The number of hydrogen-bond acceptors (Lipinski definition) is 1. The molecular formula is C16H15Cl2FO. The number of ether oxygens (including phenoxy) is 1. The van der Waals surface area contributed by atoms with Gasteiger partial charge in [-0.05, 0) is 36.2 Å². The van der Waals surface area contributed by atoms with Crippen LogP contribution >= 0.6 is 23.2 Å². The molecule has 0 aromatic heterocycles. The van der Waals surface area contributed by atoms with Crippen LogP contribution in [-0.2, 0) is 13.0 Å². The molecule has 1 nitrogen and oxygen atoms in total. The summed E-state index contributed by atoms with van der Waals surface area (Å²) in [7, 11) is 0. The van der Waals surface area contributed by atoms with Gasteiger partial charge in [0.1, 0.15) is 18.2 Å². The van der Waals surface area contributed by atoms with E-state index in [9.17, 15) is 4.39 Å². The first kappa shape index (κ1) is 15.1. The molecule has 2 aromatic rings. The van der Waals surface area contributed by atoms with E-state index >= 15 is 0 Å². The lowest BCUT2D eigenvalue weighted by atomic mass is 10.1. The summed E-state index contributed by atoms with van der Waals surface area (Å²) in [5, 5.41) is 1.03. The van der Waals surface area contributed by atoms with E-state index in [4.69, 9.17) is 27.9 Å². The van der Waals surface area contributed by atoms with Gasteiger partial charge in [-0.3, -0.25) is 0 Å². The van der Waals surface area contributed by atoms with E-state index in [0.29, 0.717) is 21.4 Å². The van der Waals surface area contributed by atoms with Crippen molar-refractivity contribution in [3.05, 3.63) is 63.4 Å². The van der Waals surface area contributed by atoms with Gasteiger partial charge in [0.15, 0.2) is 0 Å². The van der Waals surface area contributed by atoms with Crippen molar-refractivity contribution < 1.29 is 9.13 Å². The molecule has 0 bridgehead atoms. The minimum Gasteiger partial charge on any atom is -0.489 e. The lowest BCUT2D eigenvalue weighted by Crippen LogP contribution is -2.00. The minimum atomic E-state index is -0.369. The second-order valence-corrected chi connectivity index (χ2v) is 5.31. The second kappa shape index (κ2) is 6.96. The Morgan fingerprint density at radius 3 is 2.55 bits per heavy atom. The van der Waals surface area contributed by atoms with Crippen LogP contribution in [-0.4, -0.2) is 0 Å². The fraction of sp³-hybridized carbons (Fsp3) is 0.250. The molecule has 0 fully saturated rings. The van der Waals surface area contributed by atoms with Gasteiger partial charge in [0.05, 0.1) is 5.02 Å². The van der Waals surface area contributed by atoms with Gasteiger partial charge in [0.25, 0.3) is 0 Å². The van der Waals surface area contributed by atoms with Crippen molar-refractivity contribution in [3.63, 3.8) is 0 Å². The Balaban J connectivity index is 2.09. The fourth-order valence-electron chi connectivity index (χ4n) is 1.92. The summed E-state index contributed by atoms with van der Waals surface area (Å²) >= 11 is 12.1. The number of hydrogen-bond donors (Lipinski definition) is 0. The van der Waals surface area contributed by atoms with E-state index in [-0.39, 0.29) is 12.4 Å². The van der Waals surface area contributed by atoms with Crippen molar-refractivity contribution in [2.24, 2.45) is 0 Å². The van der Waals surface area contributed by atoms with Gasteiger partial charge in [0, 0.05) is 10.6 Å². The Hall–Kier alpha value is -1.25. The smallest absolute Gasteiger partial charge is 0.131 e. The Morgan fingerprint density at radius 1 is 1.10 bits per heavy atom. The summed E-state index contributed by atoms with van der Waals surface area (Å²) in [6.45, 7) is 2.18. The average Bonchev–Trinajstić information content (AvgIpc) is 2.41. The molecule has 0 aliphatic carbocycles. The van der Waals surface area contributed by atoms with Gasteiger partial charge in [-0.1, -0.05) is 48.7 Å². The van der Waals surface area contributed by atoms with E-state index in [1.54, 1.807) is 18.2 Å². The molecule has 0 unspecified atom stereocenters. The molecule has 0 amide bonds. The van der Waals surface area contributed by atoms with Crippen LogP contribution in [0.3, 0.4) is 0 Å². The van der Waals surface area contributed by atoms with Crippen LogP contribution in [0.4, 0.5) is 4.39 Å². The summed E-state index contributed by atoms with van der Waals surface area (Å²) in [5.74, 6) is 0.236. The van der Waals surface area contributed by atoms with E-state index in [1.807, 2.05) is 12.1 Å². The molecule has 0 saturated heterocycles. The topological polar surface area (TPSA) is 9.23 Å². The molecule has 0 atom stereocenters. The Bertz CT molecular complexity index is 579. The quantitative estimate of drug-likeness (QED) is 0.691. The van der Waals surface area contributed by atoms with Crippen LogP contribution in [0.1, 0.15) is 24.5 Å². The molecule has 0 aliphatic heterocycles. The standard InChI is InChI=1S/C16H15Cl2FO/c1-2-4-11-7-8-12(9-15(11)18)20-10-13-14(17)5-3-6-16(13)19/h3,5-9H,2,4,10H2,1H3. The van der Waals surface area contributed by atoms with Gasteiger partial charge >= 0.3 is 0 Å². The highest BCUT2D eigenvalue weighted by Gasteiger charge is 2.08. The highest BCUT2D eigenvalue weighted by atomic mass is 35.5. The first-order valence-electron chi connectivity index (χ1n) is 6.46. The zero-order valence-electron chi connectivity index (χ0n) is 11.1. The third-order valence-electron chi connectivity index (χ3n) is 2.99. The van der Waals surface area contributed by atoms with Crippen LogP contribution in [0.25, 0.3) is 0 Å². The number of halogens is 3. The monoisotopic (exact) mass is 312 g/mol. The van der Waals surface area contributed by atoms with Gasteiger partial charge in [-0.15, -0.1) is 0 Å². The van der Waals surface area contributed by atoms with Gasteiger partial charge < -0.3 is 4.74 Å². The predicted molar refractivity (Wildman–Crippen MR) is 81.2 cm³/mol. The lowest BCUT2D eigenvalue weighted by molar-refractivity contribution is 0.300. The molecule has 106 valence electrons. The predicted octanol–water partition coefficient (Wildman–Crippen LogP) is 5.66. The van der Waals surface area contributed by atoms with Crippen molar-refractivity contribution in [1.29, 1.82) is 0 Å². The Kier molecular flexibility index (Phi) is 5.27. The van der Waals surface area contributed by atoms with Crippen molar-refractivity contribution in [2.45, 2.75) is 26.4 Å². The summed E-state index contributed by atoms with van der Waals surface area (Å²) in [6.07, 6.45) is 1.96. The molecule has 20 heavy (non-hydrogen) atoms. The van der Waals surface area contributed by atoms with Crippen molar-refractivity contribution in [3.8, 4) is 5.75 Å². The maximum absolute atomic E-state index is 13.6.